The van der Waals surface area contributed by atoms with Crippen LogP contribution in [-0.2, 0) is 0 Å². The van der Waals surface area contributed by atoms with Crippen molar-refractivity contribution in [1.82, 2.24) is 15.2 Å². The third kappa shape index (κ3) is 3.66. The number of nitrogens with zero attached hydrogens (tertiary/aromatic N) is 2. The Kier molecular flexibility index (Phi) is 4.65. The highest BCUT2D eigenvalue weighted by Crippen LogP contribution is 2.28. The number of likely N-dealkylation sites (tertiary alicyclic amines) is 1. The first-order valence-corrected chi connectivity index (χ1v) is 8.98. The molecule has 1 aromatic carbocycles. The number of ether oxygens (including phenoxy) is 1. The van der Waals surface area contributed by atoms with Gasteiger partial charge in [-0.1, -0.05) is 18.2 Å². The quantitative estimate of drug-likeness (QED) is 0.936. The highest BCUT2D eigenvalue weighted by molar-refractivity contribution is 5.94. The molecule has 2 aliphatic heterocycles. The number of rotatable bonds is 3. The number of amides is 1. The molecular weight excluding hydrogens is 314 g/mol. The topological polar surface area (TPSA) is 54.5 Å². The van der Waals surface area contributed by atoms with E-state index in [1.165, 1.54) is 0 Å². The van der Waals surface area contributed by atoms with E-state index in [-0.39, 0.29) is 5.91 Å². The number of carbonyl (C=O) groups excluding carboxylic acids is 1. The van der Waals surface area contributed by atoms with Crippen molar-refractivity contribution in [2.24, 2.45) is 11.8 Å². The first-order valence-electron chi connectivity index (χ1n) is 8.98. The van der Waals surface area contributed by atoms with E-state index in [4.69, 9.17) is 4.74 Å². The molecular formula is C20H23N3O2. The second-order valence-corrected chi connectivity index (χ2v) is 6.85. The van der Waals surface area contributed by atoms with Gasteiger partial charge in [-0.2, -0.15) is 0 Å². The molecule has 0 spiro atoms. The standard InChI is InChI=1S/C20H23N3O2/c24-20(23-10-8-15-12-21-13-16(15)9-11-23)17-6-7-19(22-14-17)25-18-4-2-1-3-5-18/h1-7,14-16,21H,8-13H2/t15-,16+. The lowest BCUT2D eigenvalue weighted by Gasteiger charge is -2.21. The highest BCUT2D eigenvalue weighted by atomic mass is 16.5. The van der Waals surface area contributed by atoms with Crippen LogP contribution in [0, 0.1) is 11.8 Å². The number of pyridine rings is 1. The van der Waals surface area contributed by atoms with Crippen LogP contribution in [0.4, 0.5) is 0 Å². The van der Waals surface area contributed by atoms with Crippen LogP contribution in [0.5, 0.6) is 11.6 Å². The molecule has 5 nitrogen and oxygen atoms in total. The molecule has 5 heteroatoms. The zero-order chi connectivity index (χ0) is 17.1. The smallest absolute Gasteiger partial charge is 0.255 e. The number of nitrogens with one attached hydrogen (secondary N) is 1. The van der Waals surface area contributed by atoms with Gasteiger partial charge >= 0.3 is 0 Å². The number of benzene rings is 1. The Balaban J connectivity index is 1.40. The Morgan fingerprint density at radius 2 is 1.76 bits per heavy atom. The zero-order valence-electron chi connectivity index (χ0n) is 14.2. The van der Waals surface area contributed by atoms with Crippen LogP contribution < -0.4 is 10.1 Å². The molecule has 2 aromatic rings. The fourth-order valence-electron chi connectivity index (χ4n) is 3.78. The summed E-state index contributed by atoms with van der Waals surface area (Å²) in [5.74, 6) is 2.75. The molecule has 3 heterocycles. The molecule has 1 aromatic heterocycles. The van der Waals surface area contributed by atoms with Crippen molar-refractivity contribution in [2.75, 3.05) is 26.2 Å². The zero-order valence-corrected chi connectivity index (χ0v) is 14.2. The molecule has 1 N–H and O–H groups in total. The molecule has 0 radical (unpaired) electrons. The lowest BCUT2D eigenvalue weighted by molar-refractivity contribution is 0.0758. The fourth-order valence-corrected chi connectivity index (χ4v) is 3.78. The minimum absolute atomic E-state index is 0.0756. The summed E-state index contributed by atoms with van der Waals surface area (Å²) in [7, 11) is 0. The van der Waals surface area contributed by atoms with Gasteiger partial charge in [0.05, 0.1) is 5.56 Å². The van der Waals surface area contributed by atoms with E-state index in [0.717, 1.165) is 56.6 Å². The molecule has 130 valence electrons. The summed E-state index contributed by atoms with van der Waals surface area (Å²) >= 11 is 0. The van der Waals surface area contributed by atoms with Crippen molar-refractivity contribution < 1.29 is 9.53 Å². The summed E-state index contributed by atoms with van der Waals surface area (Å²) in [5.41, 5.74) is 0.630. The fraction of sp³-hybridized carbons (Fsp3) is 0.400. The summed E-state index contributed by atoms with van der Waals surface area (Å²) in [6.07, 6.45) is 3.80. The molecule has 0 bridgehead atoms. The van der Waals surface area contributed by atoms with Gasteiger partial charge < -0.3 is 15.0 Å². The largest absolute Gasteiger partial charge is 0.439 e. The van der Waals surface area contributed by atoms with Gasteiger partial charge in [-0.3, -0.25) is 4.79 Å². The van der Waals surface area contributed by atoms with E-state index in [1.807, 2.05) is 35.2 Å². The Morgan fingerprint density at radius 1 is 1.04 bits per heavy atom. The maximum atomic E-state index is 12.8. The second kappa shape index (κ2) is 7.23. The van der Waals surface area contributed by atoms with E-state index in [2.05, 4.69) is 10.3 Å². The summed E-state index contributed by atoms with van der Waals surface area (Å²) in [4.78, 5) is 19.0. The average molecular weight is 337 g/mol. The minimum atomic E-state index is 0.0756. The van der Waals surface area contributed by atoms with Crippen molar-refractivity contribution in [1.29, 1.82) is 0 Å². The molecule has 2 atom stereocenters. The van der Waals surface area contributed by atoms with Gasteiger partial charge in [0.25, 0.3) is 5.91 Å². The minimum Gasteiger partial charge on any atom is -0.439 e. The molecule has 0 aliphatic carbocycles. The molecule has 2 aliphatic rings. The number of aromatic nitrogens is 1. The highest BCUT2D eigenvalue weighted by Gasteiger charge is 2.31. The van der Waals surface area contributed by atoms with Gasteiger partial charge in [0.2, 0.25) is 5.88 Å². The predicted octanol–water partition coefficient (Wildman–Crippen LogP) is 2.95. The molecule has 2 saturated heterocycles. The molecule has 25 heavy (non-hydrogen) atoms. The van der Waals surface area contributed by atoms with Gasteiger partial charge in [-0.05, 0) is 56.0 Å². The monoisotopic (exact) mass is 337 g/mol. The SMILES string of the molecule is O=C(c1ccc(Oc2ccccc2)nc1)N1CC[C@@H]2CNC[C@@H]2CC1. The van der Waals surface area contributed by atoms with Crippen molar-refractivity contribution >= 4 is 5.91 Å². The van der Waals surface area contributed by atoms with Crippen molar-refractivity contribution in [2.45, 2.75) is 12.8 Å². The normalized spacial score (nSPS) is 23.0. The van der Waals surface area contributed by atoms with Gasteiger partial charge in [0.1, 0.15) is 5.75 Å². The van der Waals surface area contributed by atoms with E-state index in [0.29, 0.717) is 11.4 Å². The van der Waals surface area contributed by atoms with Crippen LogP contribution in [0.25, 0.3) is 0 Å². The average Bonchev–Trinajstić information content (AvgIpc) is 3.01. The van der Waals surface area contributed by atoms with Crippen LogP contribution in [-0.4, -0.2) is 42.0 Å². The maximum absolute atomic E-state index is 12.8. The van der Waals surface area contributed by atoms with Crippen molar-refractivity contribution in [3.05, 3.63) is 54.2 Å². The predicted molar refractivity (Wildman–Crippen MR) is 95.7 cm³/mol. The third-order valence-electron chi connectivity index (χ3n) is 5.26. The molecule has 2 fully saturated rings. The molecule has 4 rings (SSSR count). The van der Waals surface area contributed by atoms with Crippen molar-refractivity contribution in [3.8, 4) is 11.6 Å². The van der Waals surface area contributed by atoms with Gasteiger partial charge in [-0.25, -0.2) is 4.98 Å². The maximum Gasteiger partial charge on any atom is 0.255 e. The summed E-state index contributed by atoms with van der Waals surface area (Å²) in [6.45, 7) is 3.87. The Hall–Kier alpha value is -2.40. The van der Waals surface area contributed by atoms with Crippen LogP contribution in [0.1, 0.15) is 23.2 Å². The molecule has 0 saturated carbocycles. The van der Waals surface area contributed by atoms with Gasteiger partial charge in [-0.15, -0.1) is 0 Å². The number of fused-ring (bicyclic) bond motifs is 1. The third-order valence-corrected chi connectivity index (χ3v) is 5.26. The number of para-hydroxylation sites is 1. The molecule has 1 amide bonds. The lowest BCUT2D eigenvalue weighted by atomic mass is 9.92. The van der Waals surface area contributed by atoms with E-state index >= 15 is 0 Å². The first kappa shape index (κ1) is 16.1. The Morgan fingerprint density at radius 3 is 2.40 bits per heavy atom. The Bertz CT molecular complexity index is 703. The summed E-state index contributed by atoms with van der Waals surface area (Å²) < 4.78 is 5.69. The second-order valence-electron chi connectivity index (χ2n) is 6.85. The summed E-state index contributed by atoms with van der Waals surface area (Å²) in [6, 6.07) is 13.1. The van der Waals surface area contributed by atoms with Crippen LogP contribution in [0.15, 0.2) is 48.7 Å². The number of hydrogen-bond acceptors (Lipinski definition) is 4. The van der Waals surface area contributed by atoms with Crippen LogP contribution in [0.3, 0.4) is 0 Å². The summed E-state index contributed by atoms with van der Waals surface area (Å²) in [5, 5.41) is 3.47. The Labute approximate surface area is 148 Å². The van der Waals surface area contributed by atoms with Crippen LogP contribution >= 0.6 is 0 Å². The van der Waals surface area contributed by atoms with Gasteiger partial charge in [0.15, 0.2) is 0 Å². The lowest BCUT2D eigenvalue weighted by Crippen LogP contribution is -2.32. The van der Waals surface area contributed by atoms with Crippen molar-refractivity contribution in [3.63, 3.8) is 0 Å². The number of carbonyl (C=O) groups is 1. The van der Waals surface area contributed by atoms with E-state index in [9.17, 15) is 4.79 Å². The van der Waals surface area contributed by atoms with E-state index < -0.39 is 0 Å². The van der Waals surface area contributed by atoms with Gasteiger partial charge in [0, 0.05) is 25.4 Å². The van der Waals surface area contributed by atoms with E-state index in [1.54, 1.807) is 18.3 Å². The molecule has 0 unspecified atom stereocenters. The number of hydrogen-bond donors (Lipinski definition) is 1. The van der Waals surface area contributed by atoms with Crippen LogP contribution in [0.2, 0.25) is 0 Å². The first-order chi connectivity index (χ1) is 12.3.